The lowest BCUT2D eigenvalue weighted by Gasteiger charge is -2.17. The number of hydrogen-bond acceptors (Lipinski definition) is 4. The van der Waals surface area contributed by atoms with Gasteiger partial charge < -0.3 is 15.0 Å². The Bertz CT molecular complexity index is 665. The van der Waals surface area contributed by atoms with Crippen LogP contribution in [0.1, 0.15) is 44.6 Å². The van der Waals surface area contributed by atoms with E-state index in [1.807, 2.05) is 24.3 Å². The van der Waals surface area contributed by atoms with Gasteiger partial charge in [0, 0.05) is 24.7 Å². The highest BCUT2D eigenvalue weighted by atomic mass is 16.5. The van der Waals surface area contributed by atoms with Crippen LogP contribution in [0, 0.1) is 5.92 Å². The summed E-state index contributed by atoms with van der Waals surface area (Å²) in [6.45, 7) is 2.10. The van der Waals surface area contributed by atoms with Gasteiger partial charge in [-0.25, -0.2) is 0 Å². The number of anilines is 1. The summed E-state index contributed by atoms with van der Waals surface area (Å²) in [5.74, 6) is -1.35. The molecule has 2 aliphatic rings. The summed E-state index contributed by atoms with van der Waals surface area (Å²) in [6.07, 6.45) is 5.30. The standard InChI is InChI=1S/C20H26N2O4/c1-2-14-7-9-17(10-8-14)22-12-15(11-19(22)24)20(25)26-13-18(23)21-16-5-3-4-6-16/h7-10,15-16H,2-6,11-13H2,1H3,(H,21,23)/t15-/m0/s1. The van der Waals surface area contributed by atoms with E-state index in [4.69, 9.17) is 4.74 Å². The van der Waals surface area contributed by atoms with Gasteiger partial charge in [-0.15, -0.1) is 0 Å². The molecule has 3 rings (SSSR count). The van der Waals surface area contributed by atoms with Crippen molar-refractivity contribution < 1.29 is 19.1 Å². The number of aryl methyl sites for hydroxylation is 1. The van der Waals surface area contributed by atoms with Crippen molar-refractivity contribution in [2.75, 3.05) is 18.1 Å². The van der Waals surface area contributed by atoms with E-state index < -0.39 is 11.9 Å². The molecule has 1 aliphatic heterocycles. The summed E-state index contributed by atoms with van der Waals surface area (Å²) >= 11 is 0. The average Bonchev–Trinajstić information content (AvgIpc) is 3.29. The molecule has 26 heavy (non-hydrogen) atoms. The maximum Gasteiger partial charge on any atom is 0.311 e. The number of benzene rings is 1. The number of esters is 1. The van der Waals surface area contributed by atoms with Crippen molar-refractivity contribution in [2.24, 2.45) is 5.92 Å². The normalized spacial score (nSPS) is 20.4. The molecule has 1 aromatic carbocycles. The second kappa shape index (κ2) is 8.34. The van der Waals surface area contributed by atoms with Crippen molar-refractivity contribution in [3.05, 3.63) is 29.8 Å². The monoisotopic (exact) mass is 358 g/mol. The molecule has 1 saturated heterocycles. The van der Waals surface area contributed by atoms with Gasteiger partial charge in [0.05, 0.1) is 5.92 Å². The molecule has 2 fully saturated rings. The highest BCUT2D eigenvalue weighted by Crippen LogP contribution is 2.26. The minimum Gasteiger partial charge on any atom is -0.455 e. The lowest BCUT2D eigenvalue weighted by atomic mass is 10.1. The molecule has 0 bridgehead atoms. The van der Waals surface area contributed by atoms with Crippen molar-refractivity contribution in [2.45, 2.75) is 51.5 Å². The summed E-state index contributed by atoms with van der Waals surface area (Å²) in [5, 5.41) is 2.89. The van der Waals surface area contributed by atoms with Crippen LogP contribution in [-0.4, -0.2) is 37.0 Å². The number of carbonyl (C=O) groups excluding carboxylic acids is 3. The Labute approximate surface area is 153 Å². The lowest BCUT2D eigenvalue weighted by molar-refractivity contribution is -0.152. The zero-order chi connectivity index (χ0) is 18.5. The number of ether oxygens (including phenoxy) is 1. The van der Waals surface area contributed by atoms with Crippen molar-refractivity contribution in [1.82, 2.24) is 5.32 Å². The third-order valence-electron chi connectivity index (χ3n) is 5.18. The molecule has 1 aromatic rings. The SMILES string of the molecule is CCc1ccc(N2C[C@@H](C(=O)OCC(=O)NC3CCCC3)CC2=O)cc1. The van der Waals surface area contributed by atoms with Crippen LogP contribution in [0.15, 0.2) is 24.3 Å². The average molecular weight is 358 g/mol. The topological polar surface area (TPSA) is 75.7 Å². The Kier molecular flexibility index (Phi) is 5.91. The van der Waals surface area contributed by atoms with Crippen LogP contribution in [0.25, 0.3) is 0 Å². The molecule has 0 spiro atoms. The maximum atomic E-state index is 12.3. The quantitative estimate of drug-likeness (QED) is 0.791. The first-order valence-electron chi connectivity index (χ1n) is 9.42. The molecule has 1 heterocycles. The Morgan fingerprint density at radius 2 is 1.88 bits per heavy atom. The van der Waals surface area contributed by atoms with Gasteiger partial charge >= 0.3 is 5.97 Å². The molecule has 1 aliphatic carbocycles. The van der Waals surface area contributed by atoms with Crippen LogP contribution in [0.4, 0.5) is 5.69 Å². The maximum absolute atomic E-state index is 12.3. The molecular formula is C20H26N2O4. The number of carbonyl (C=O) groups is 3. The smallest absolute Gasteiger partial charge is 0.311 e. The van der Waals surface area contributed by atoms with E-state index in [0.29, 0.717) is 6.54 Å². The Morgan fingerprint density at radius 1 is 1.19 bits per heavy atom. The summed E-state index contributed by atoms with van der Waals surface area (Å²) < 4.78 is 5.14. The predicted octanol–water partition coefficient (Wildman–Crippen LogP) is 2.20. The zero-order valence-corrected chi connectivity index (χ0v) is 15.2. The number of nitrogens with one attached hydrogen (secondary N) is 1. The Hall–Kier alpha value is -2.37. The Balaban J connectivity index is 1.49. The Morgan fingerprint density at radius 3 is 2.54 bits per heavy atom. The van der Waals surface area contributed by atoms with E-state index in [2.05, 4.69) is 12.2 Å². The third kappa shape index (κ3) is 4.42. The number of rotatable bonds is 6. The van der Waals surface area contributed by atoms with Crippen LogP contribution in [0.2, 0.25) is 0 Å². The van der Waals surface area contributed by atoms with Crippen LogP contribution in [-0.2, 0) is 25.5 Å². The first-order chi connectivity index (χ1) is 12.6. The first-order valence-corrected chi connectivity index (χ1v) is 9.42. The summed E-state index contributed by atoms with van der Waals surface area (Å²) in [5.41, 5.74) is 1.99. The van der Waals surface area contributed by atoms with Gasteiger partial charge in [0.1, 0.15) is 0 Å². The van der Waals surface area contributed by atoms with Crippen molar-refractivity contribution >= 4 is 23.5 Å². The molecular weight excluding hydrogens is 332 g/mol. The summed E-state index contributed by atoms with van der Waals surface area (Å²) in [6, 6.07) is 7.98. The van der Waals surface area contributed by atoms with E-state index in [9.17, 15) is 14.4 Å². The van der Waals surface area contributed by atoms with Gasteiger partial charge in [0.2, 0.25) is 5.91 Å². The van der Waals surface area contributed by atoms with Crippen molar-refractivity contribution in [1.29, 1.82) is 0 Å². The molecule has 1 N–H and O–H groups in total. The van der Waals surface area contributed by atoms with Gasteiger partial charge in [0.25, 0.3) is 5.91 Å². The largest absolute Gasteiger partial charge is 0.455 e. The number of amides is 2. The van der Waals surface area contributed by atoms with Crippen molar-refractivity contribution in [3.63, 3.8) is 0 Å². The van der Waals surface area contributed by atoms with Gasteiger partial charge in [-0.3, -0.25) is 14.4 Å². The predicted molar refractivity (Wildman–Crippen MR) is 97.6 cm³/mol. The van der Waals surface area contributed by atoms with E-state index in [0.717, 1.165) is 37.8 Å². The molecule has 0 radical (unpaired) electrons. The fraction of sp³-hybridized carbons (Fsp3) is 0.550. The zero-order valence-electron chi connectivity index (χ0n) is 15.2. The van der Waals surface area contributed by atoms with E-state index in [-0.39, 0.29) is 30.9 Å². The fourth-order valence-corrected chi connectivity index (χ4v) is 3.62. The van der Waals surface area contributed by atoms with Crippen LogP contribution in [0.5, 0.6) is 0 Å². The number of hydrogen-bond donors (Lipinski definition) is 1. The van der Waals surface area contributed by atoms with Crippen LogP contribution >= 0.6 is 0 Å². The van der Waals surface area contributed by atoms with Crippen molar-refractivity contribution in [3.8, 4) is 0 Å². The van der Waals surface area contributed by atoms with E-state index in [1.54, 1.807) is 4.90 Å². The second-order valence-electron chi connectivity index (χ2n) is 7.08. The van der Waals surface area contributed by atoms with E-state index in [1.165, 1.54) is 5.56 Å². The minimum atomic E-state index is -0.521. The molecule has 0 unspecified atom stereocenters. The van der Waals surface area contributed by atoms with Crippen LogP contribution < -0.4 is 10.2 Å². The summed E-state index contributed by atoms with van der Waals surface area (Å²) in [7, 11) is 0. The highest BCUT2D eigenvalue weighted by Gasteiger charge is 2.36. The molecule has 1 saturated carbocycles. The molecule has 2 amide bonds. The molecule has 140 valence electrons. The van der Waals surface area contributed by atoms with Gasteiger partial charge in [-0.05, 0) is 37.0 Å². The lowest BCUT2D eigenvalue weighted by Crippen LogP contribution is -2.36. The van der Waals surface area contributed by atoms with Gasteiger partial charge in [0.15, 0.2) is 6.61 Å². The highest BCUT2D eigenvalue weighted by molar-refractivity contribution is 5.99. The van der Waals surface area contributed by atoms with E-state index >= 15 is 0 Å². The molecule has 6 heteroatoms. The minimum absolute atomic E-state index is 0.0911. The van der Waals surface area contributed by atoms with Gasteiger partial charge in [-0.1, -0.05) is 31.9 Å². The molecule has 0 aromatic heterocycles. The third-order valence-corrected chi connectivity index (χ3v) is 5.18. The molecule has 1 atom stereocenters. The fourth-order valence-electron chi connectivity index (χ4n) is 3.62. The van der Waals surface area contributed by atoms with Gasteiger partial charge in [-0.2, -0.15) is 0 Å². The first kappa shape index (κ1) is 18.4. The van der Waals surface area contributed by atoms with Crippen LogP contribution in [0.3, 0.4) is 0 Å². The number of nitrogens with zero attached hydrogens (tertiary/aromatic N) is 1. The second-order valence-corrected chi connectivity index (χ2v) is 7.08. The molecule has 6 nitrogen and oxygen atoms in total. The summed E-state index contributed by atoms with van der Waals surface area (Å²) in [4.78, 5) is 38.0.